The molecule has 18 heteroatoms. The predicted octanol–water partition coefficient (Wildman–Crippen LogP) is 0.930. The first-order chi connectivity index (χ1) is 21.8. The highest BCUT2D eigenvalue weighted by Crippen LogP contribution is 2.25. The third kappa shape index (κ3) is 7.59. The third-order valence-electron chi connectivity index (χ3n) is 7.37. The van der Waals surface area contributed by atoms with Gasteiger partial charge in [0.25, 0.3) is 22.6 Å². The number of carbonyl (C=O) groups excluding carboxylic acids is 1. The molecule has 4 atom stereocenters. The Hall–Kier alpha value is -3.40. The molecule has 0 fully saturated rings. The Morgan fingerprint density at radius 2 is 1.17 bits per heavy atom. The minimum atomic E-state index is -0.584. The van der Waals surface area contributed by atoms with E-state index in [9.17, 15) is 29.4 Å². The molecule has 250 valence electrons. The van der Waals surface area contributed by atoms with Crippen LogP contribution in [0.4, 0.5) is 0 Å². The van der Waals surface area contributed by atoms with Crippen LogP contribution in [0.1, 0.15) is 39.3 Å². The average molecular weight is 712 g/mol. The number of aryl methyl sites for hydroxylation is 2. The van der Waals surface area contributed by atoms with Gasteiger partial charge < -0.3 is 20.1 Å². The summed E-state index contributed by atoms with van der Waals surface area (Å²) >= 11 is 0. The summed E-state index contributed by atoms with van der Waals surface area (Å²) in [4.78, 5) is 59.5. The van der Waals surface area contributed by atoms with Crippen molar-refractivity contribution in [1.29, 1.82) is 0 Å². The summed E-state index contributed by atoms with van der Waals surface area (Å²) < 4.78 is 9.64. The van der Waals surface area contributed by atoms with Gasteiger partial charge in [-0.25, -0.2) is 15.0 Å². The molecule has 6 heterocycles. The van der Waals surface area contributed by atoms with Gasteiger partial charge in [0.2, 0.25) is 17.2 Å². The number of carbonyl (C=O) groups is 1. The van der Waals surface area contributed by atoms with Gasteiger partial charge in [-0.2, -0.15) is 31.5 Å². The standard InChI is InChI=1S/C10H13N3O3S.C9H13N2O2PS.C9H12N2O2S/c1-11-9(15)7-8(14)10(16)13-3-4-17(2)5-6(13)12-7;1-6-8(13-14)9(12)11-3-4-15(2)5-7(11)10-6;1-6-8(12)9(13)11-3-4-14(2)5-7(11)10-6/h14H,2-5H2,1H3,(H,11,15);2-5,14H2,1H3;12H,2-5H2,1H3. The van der Waals surface area contributed by atoms with Crippen LogP contribution in [-0.4, -0.2) is 86.7 Å². The zero-order chi connectivity index (χ0) is 33.9. The number of nitrogens with one attached hydrogen (secondary N) is 1. The summed E-state index contributed by atoms with van der Waals surface area (Å²) in [5.41, 5.74) is -0.0818. The number of aromatic hydroxyl groups is 2. The summed E-state index contributed by atoms with van der Waals surface area (Å²) in [5, 5.41) is 21.4. The van der Waals surface area contributed by atoms with Gasteiger partial charge >= 0.3 is 0 Å². The summed E-state index contributed by atoms with van der Waals surface area (Å²) in [6, 6.07) is 0. The number of amides is 1. The van der Waals surface area contributed by atoms with Gasteiger partial charge in [0, 0.05) is 61.2 Å². The van der Waals surface area contributed by atoms with E-state index in [1.54, 1.807) is 23.0 Å². The molecule has 46 heavy (non-hydrogen) atoms. The quantitative estimate of drug-likeness (QED) is 0.255. The zero-order valence-corrected chi connectivity index (χ0v) is 29.5. The predicted molar refractivity (Wildman–Crippen MR) is 192 cm³/mol. The molecule has 6 rings (SSSR count). The Bertz CT molecular complexity index is 1960. The minimum absolute atomic E-state index is 0.0714. The van der Waals surface area contributed by atoms with E-state index in [1.807, 2.05) is 0 Å². The fourth-order valence-electron chi connectivity index (χ4n) is 4.85. The first-order valence-electron chi connectivity index (χ1n) is 14.0. The minimum Gasteiger partial charge on any atom is -0.502 e. The van der Waals surface area contributed by atoms with Gasteiger partial charge in [-0.1, -0.05) is 17.6 Å². The normalized spacial score (nSPS) is 19.5. The van der Waals surface area contributed by atoms with E-state index in [4.69, 9.17) is 4.52 Å². The number of hydrogen-bond donors (Lipinski definition) is 3. The van der Waals surface area contributed by atoms with Gasteiger partial charge in [-0.3, -0.25) is 32.9 Å². The molecule has 0 aromatic carbocycles. The van der Waals surface area contributed by atoms with Crippen LogP contribution in [-0.2, 0) is 36.9 Å². The van der Waals surface area contributed by atoms with Crippen molar-refractivity contribution in [1.82, 2.24) is 34.0 Å². The Kier molecular flexibility index (Phi) is 11.6. The van der Waals surface area contributed by atoms with Crippen molar-refractivity contribution >= 4 is 64.4 Å². The molecule has 0 aliphatic carbocycles. The lowest BCUT2D eigenvalue weighted by Gasteiger charge is -2.21. The van der Waals surface area contributed by atoms with Crippen molar-refractivity contribution in [3.05, 3.63) is 65.6 Å². The van der Waals surface area contributed by atoms with Crippen LogP contribution in [0.3, 0.4) is 0 Å². The summed E-state index contributed by atoms with van der Waals surface area (Å²) in [7, 11) is 3.62. The molecule has 0 saturated heterocycles. The zero-order valence-electron chi connectivity index (χ0n) is 25.9. The molecule has 1 amide bonds. The van der Waals surface area contributed by atoms with E-state index >= 15 is 0 Å². The maximum absolute atomic E-state index is 11.9. The van der Waals surface area contributed by atoms with E-state index in [0.29, 0.717) is 48.3 Å². The topological polar surface area (TPSA) is 183 Å². The molecule has 3 aromatic heterocycles. The van der Waals surface area contributed by atoms with Crippen molar-refractivity contribution in [3.63, 3.8) is 0 Å². The Labute approximate surface area is 275 Å². The Morgan fingerprint density at radius 3 is 1.63 bits per heavy atom. The fraction of sp³-hybridized carbons (Fsp3) is 0.429. The van der Waals surface area contributed by atoms with Crippen LogP contribution in [0.2, 0.25) is 0 Å². The molecule has 14 nitrogen and oxygen atoms in total. The first kappa shape index (κ1) is 35.5. The Balaban J connectivity index is 0.000000157. The van der Waals surface area contributed by atoms with Crippen molar-refractivity contribution in [2.45, 2.75) is 50.7 Å². The van der Waals surface area contributed by atoms with Gasteiger partial charge in [-0.05, 0) is 13.8 Å². The van der Waals surface area contributed by atoms with E-state index in [1.165, 1.54) is 11.6 Å². The summed E-state index contributed by atoms with van der Waals surface area (Å²) in [6.07, 6.45) is 0. The molecule has 3 aliphatic rings. The van der Waals surface area contributed by atoms with E-state index in [0.717, 1.165) is 40.4 Å². The molecule has 0 bridgehead atoms. The van der Waals surface area contributed by atoms with Crippen LogP contribution in [0.15, 0.2) is 14.4 Å². The van der Waals surface area contributed by atoms with Gasteiger partial charge in [-0.15, -0.1) is 0 Å². The molecule has 3 aliphatic heterocycles. The number of aromatic nitrogens is 6. The molecule has 0 radical (unpaired) electrons. The lowest BCUT2D eigenvalue weighted by Crippen LogP contribution is -2.32. The lowest BCUT2D eigenvalue weighted by molar-refractivity contribution is 0.0954. The number of nitrogens with zero attached hydrogens (tertiary/aromatic N) is 6. The van der Waals surface area contributed by atoms with Crippen LogP contribution in [0.25, 0.3) is 0 Å². The van der Waals surface area contributed by atoms with Crippen molar-refractivity contribution in [3.8, 4) is 17.2 Å². The maximum Gasteiger partial charge on any atom is 0.296 e. The van der Waals surface area contributed by atoms with Crippen molar-refractivity contribution in [2.24, 2.45) is 0 Å². The van der Waals surface area contributed by atoms with E-state index in [-0.39, 0.29) is 54.0 Å². The number of fused-ring (bicyclic) bond motifs is 3. The molecule has 3 N–H and O–H groups in total. The second-order valence-electron chi connectivity index (χ2n) is 10.6. The second kappa shape index (κ2) is 15.0. The SMILES string of the molecule is C=S1CCn2c(nc(C(=O)NC)c(O)c2=O)C1.C=S1CCn2c(nc(C)c(O)c2=O)C1.C=S1CCn2c(nc(C)c(OP)c2=O)C1. The largest absolute Gasteiger partial charge is 0.502 e. The lowest BCUT2D eigenvalue weighted by atomic mass is 10.3. The molecule has 0 saturated carbocycles. The first-order valence-corrected chi connectivity index (χ1v) is 19.7. The highest BCUT2D eigenvalue weighted by atomic mass is 32.2. The highest BCUT2D eigenvalue weighted by Gasteiger charge is 2.23. The van der Waals surface area contributed by atoms with Crippen molar-refractivity contribution < 1.29 is 19.5 Å². The van der Waals surface area contributed by atoms with E-state index < -0.39 is 17.2 Å². The molecule has 3 aromatic rings. The molecular formula is C28H38N7O7PS3. The van der Waals surface area contributed by atoms with Crippen LogP contribution < -0.4 is 26.5 Å². The Morgan fingerprint density at radius 1 is 0.761 bits per heavy atom. The monoisotopic (exact) mass is 711 g/mol. The fourth-order valence-corrected chi connectivity index (χ4v) is 8.64. The second-order valence-corrected chi connectivity index (χ2v) is 16.6. The number of rotatable bonds is 2. The van der Waals surface area contributed by atoms with E-state index in [2.05, 4.69) is 47.3 Å². The van der Waals surface area contributed by atoms with Gasteiger partial charge in [0.1, 0.15) is 17.5 Å². The van der Waals surface area contributed by atoms with Crippen molar-refractivity contribution in [2.75, 3.05) is 24.3 Å². The van der Waals surface area contributed by atoms with Gasteiger partial charge in [0.05, 0.1) is 20.9 Å². The summed E-state index contributed by atoms with van der Waals surface area (Å²) in [6.45, 7) is 5.26. The highest BCUT2D eigenvalue weighted by molar-refractivity contribution is 8.13. The number of hydrogen-bond acceptors (Lipinski definition) is 10. The molecule has 4 unspecified atom stereocenters. The molecule has 0 spiro atoms. The maximum atomic E-state index is 11.9. The van der Waals surface area contributed by atoms with Crippen LogP contribution in [0, 0.1) is 13.8 Å². The smallest absolute Gasteiger partial charge is 0.296 e. The van der Waals surface area contributed by atoms with Crippen LogP contribution >= 0.6 is 40.9 Å². The third-order valence-corrected chi connectivity index (χ3v) is 11.9. The average Bonchev–Trinajstić information content (AvgIpc) is 3.01. The van der Waals surface area contributed by atoms with Gasteiger partial charge in [0.15, 0.2) is 5.69 Å². The summed E-state index contributed by atoms with van der Waals surface area (Å²) in [5.74, 6) is 17.8. The molecular weight excluding hydrogens is 674 g/mol. The van der Waals surface area contributed by atoms with Crippen LogP contribution in [0.5, 0.6) is 17.2 Å².